The zero-order chi connectivity index (χ0) is 2.71. The molecule has 0 saturated carbocycles. The summed E-state index contributed by atoms with van der Waals surface area (Å²) in [6.07, 6.45) is 0. The van der Waals surface area contributed by atoms with Crippen LogP contribution in [0.15, 0.2) is 0 Å². The van der Waals surface area contributed by atoms with Crippen molar-refractivity contribution in [2.75, 3.05) is 7.05 Å². The van der Waals surface area contributed by atoms with E-state index in [1.807, 2.05) is 0 Å². The monoisotopic (exact) mass is 239 g/mol. The van der Waals surface area contributed by atoms with Crippen LogP contribution in [-0.2, 0) is 20.1 Å². The molecule has 0 aliphatic heterocycles. The Balaban J connectivity index is 0. The van der Waals surface area contributed by atoms with E-state index in [1.54, 1.807) is 7.05 Å². The van der Waals surface area contributed by atoms with Crippen molar-refractivity contribution in [3.8, 4) is 0 Å². The van der Waals surface area contributed by atoms with Gasteiger partial charge in [0.25, 0.3) is 0 Å². The van der Waals surface area contributed by atoms with Gasteiger partial charge in [-0.2, -0.15) is 0 Å². The van der Waals surface area contributed by atoms with Crippen molar-refractivity contribution in [3.63, 3.8) is 0 Å². The molecule has 0 aromatic heterocycles. The third-order valence-corrected chi connectivity index (χ3v) is 0. The molecule has 0 atom stereocenters. The molecule has 0 amide bonds. The fourth-order valence-electron chi connectivity index (χ4n) is 0. The molecule has 4 heavy (non-hydrogen) atoms. The van der Waals surface area contributed by atoms with Crippen molar-refractivity contribution in [2.45, 2.75) is 0 Å². The number of hydrazine groups is 1. The van der Waals surface area contributed by atoms with Gasteiger partial charge in [0.2, 0.25) is 0 Å². The zero-order valence-corrected chi connectivity index (χ0v) is 4.81. The molecule has 0 heterocycles. The van der Waals surface area contributed by atoms with E-state index in [9.17, 15) is 0 Å². The molecule has 0 spiro atoms. The first kappa shape index (κ1) is 8.82. The minimum Gasteiger partial charge on any atom is -0.272 e. The van der Waals surface area contributed by atoms with Gasteiger partial charge in [-0.15, -0.1) is 0 Å². The second-order valence-corrected chi connectivity index (χ2v) is 0.289. The molecule has 0 aromatic rings. The third kappa shape index (κ3) is 19.5. The summed E-state index contributed by atoms with van der Waals surface area (Å²) >= 11 is 0. The van der Waals surface area contributed by atoms with Gasteiger partial charge in [-0.1, -0.05) is 0 Å². The molecule has 2 nitrogen and oxygen atoms in total. The van der Waals surface area contributed by atoms with E-state index in [4.69, 9.17) is 0 Å². The fraction of sp³-hybridized carbons (Fsp3) is 1.00. The standard InChI is InChI=1S/CH6N2.Ir/c1-3-2;/h3H,2H2,1H3;. The predicted octanol–water partition coefficient (Wildman–Crippen LogP) is -0.923. The van der Waals surface area contributed by atoms with Gasteiger partial charge < -0.3 is 0 Å². The van der Waals surface area contributed by atoms with E-state index in [2.05, 4.69) is 11.3 Å². The van der Waals surface area contributed by atoms with Gasteiger partial charge in [0.1, 0.15) is 0 Å². The first-order valence-electron chi connectivity index (χ1n) is 0.789. The van der Waals surface area contributed by atoms with E-state index >= 15 is 0 Å². The van der Waals surface area contributed by atoms with Crippen molar-refractivity contribution in [2.24, 2.45) is 5.84 Å². The van der Waals surface area contributed by atoms with Crippen LogP contribution in [0, 0.1) is 0 Å². The minimum absolute atomic E-state index is 0. The van der Waals surface area contributed by atoms with E-state index in [1.165, 1.54) is 0 Å². The van der Waals surface area contributed by atoms with Crippen LogP contribution in [0.25, 0.3) is 0 Å². The minimum atomic E-state index is 0. The molecular weight excluding hydrogens is 232 g/mol. The maximum Gasteiger partial charge on any atom is 0 e. The Morgan fingerprint density at radius 3 is 1.75 bits per heavy atom. The van der Waals surface area contributed by atoms with Gasteiger partial charge in [-0.3, -0.25) is 11.3 Å². The number of nitrogens with two attached hydrogens (primary N) is 1. The van der Waals surface area contributed by atoms with Crippen molar-refractivity contribution < 1.29 is 20.1 Å². The van der Waals surface area contributed by atoms with Crippen LogP contribution in [0.2, 0.25) is 0 Å². The van der Waals surface area contributed by atoms with Gasteiger partial charge in [-0.25, -0.2) is 0 Å². The SMILES string of the molecule is CNN.[Ir]. The summed E-state index contributed by atoms with van der Waals surface area (Å²) in [5, 5.41) is 0. The Kier molecular flexibility index (Phi) is 21.1. The molecule has 0 aromatic carbocycles. The van der Waals surface area contributed by atoms with Crippen molar-refractivity contribution >= 4 is 0 Å². The summed E-state index contributed by atoms with van der Waals surface area (Å²) in [5.74, 6) is 4.60. The zero-order valence-electron chi connectivity index (χ0n) is 2.41. The van der Waals surface area contributed by atoms with Crippen molar-refractivity contribution in [1.29, 1.82) is 0 Å². The maximum absolute atomic E-state index is 4.60. The summed E-state index contributed by atoms with van der Waals surface area (Å²) in [6.45, 7) is 0. The van der Waals surface area contributed by atoms with Gasteiger partial charge in [-0.05, 0) is 7.05 Å². The summed E-state index contributed by atoms with van der Waals surface area (Å²) in [6, 6.07) is 0. The molecule has 29 valence electrons. The van der Waals surface area contributed by atoms with Crippen LogP contribution < -0.4 is 11.3 Å². The van der Waals surface area contributed by atoms with Crippen LogP contribution >= 0.6 is 0 Å². The summed E-state index contributed by atoms with van der Waals surface area (Å²) in [4.78, 5) is 0. The molecule has 0 rings (SSSR count). The van der Waals surface area contributed by atoms with E-state index in [-0.39, 0.29) is 20.1 Å². The van der Waals surface area contributed by atoms with Crippen LogP contribution in [0.5, 0.6) is 0 Å². The first-order valence-corrected chi connectivity index (χ1v) is 0.789. The molecule has 1 radical (unpaired) electrons. The van der Waals surface area contributed by atoms with Crippen LogP contribution in [0.1, 0.15) is 0 Å². The number of nitrogens with one attached hydrogen (secondary N) is 1. The van der Waals surface area contributed by atoms with Crippen molar-refractivity contribution in [1.82, 2.24) is 5.43 Å². The van der Waals surface area contributed by atoms with Gasteiger partial charge in [0, 0.05) is 20.1 Å². The molecule has 0 unspecified atom stereocenters. The molecular formula is CH6IrN2. The average Bonchev–Trinajstić information content (AvgIpc) is 0.918. The molecule has 0 saturated heterocycles. The predicted molar refractivity (Wildman–Crippen MR) is 13.2 cm³/mol. The van der Waals surface area contributed by atoms with Gasteiger partial charge >= 0.3 is 0 Å². The van der Waals surface area contributed by atoms with Crippen molar-refractivity contribution in [3.05, 3.63) is 0 Å². The molecule has 0 bridgehead atoms. The first-order chi connectivity index (χ1) is 1.41. The smallest absolute Gasteiger partial charge is 0 e. The quantitative estimate of drug-likeness (QED) is 0.423. The van der Waals surface area contributed by atoms with Gasteiger partial charge in [0.15, 0.2) is 0 Å². The third-order valence-electron chi connectivity index (χ3n) is 0. The number of rotatable bonds is 0. The Morgan fingerprint density at radius 2 is 1.75 bits per heavy atom. The Morgan fingerprint density at radius 1 is 1.75 bits per heavy atom. The van der Waals surface area contributed by atoms with Crippen LogP contribution in [-0.4, -0.2) is 7.05 Å². The van der Waals surface area contributed by atoms with Crippen LogP contribution in [0.3, 0.4) is 0 Å². The normalized spacial score (nSPS) is 4.50. The Bertz CT molecular complexity index is 6.00. The van der Waals surface area contributed by atoms with Gasteiger partial charge in [0.05, 0.1) is 0 Å². The summed E-state index contributed by atoms with van der Waals surface area (Å²) < 4.78 is 0. The second kappa shape index (κ2) is 9.57. The second-order valence-electron chi connectivity index (χ2n) is 0.289. The topological polar surface area (TPSA) is 38.0 Å². The van der Waals surface area contributed by atoms with E-state index in [0.29, 0.717) is 0 Å². The molecule has 0 fully saturated rings. The van der Waals surface area contributed by atoms with E-state index in [0.717, 1.165) is 0 Å². The van der Waals surface area contributed by atoms with E-state index < -0.39 is 0 Å². The Labute approximate surface area is 39.1 Å². The molecule has 0 aliphatic carbocycles. The molecule has 3 N–H and O–H groups in total. The molecule has 0 aliphatic rings. The molecule has 3 heteroatoms. The number of hydrogen-bond donors (Lipinski definition) is 2. The summed E-state index contributed by atoms with van der Waals surface area (Å²) in [7, 11) is 1.65. The average molecular weight is 238 g/mol. The number of hydrogen-bond acceptors (Lipinski definition) is 2. The summed E-state index contributed by atoms with van der Waals surface area (Å²) in [5.41, 5.74) is 2.25. The Hall–Kier alpha value is 0.569. The largest absolute Gasteiger partial charge is 0.272 e. The fourth-order valence-corrected chi connectivity index (χ4v) is 0. The van der Waals surface area contributed by atoms with Crippen LogP contribution in [0.4, 0.5) is 0 Å². The maximum atomic E-state index is 4.60.